The predicted octanol–water partition coefficient (Wildman–Crippen LogP) is 1.43. The second-order valence-electron chi connectivity index (χ2n) is 3.62. The summed E-state index contributed by atoms with van der Waals surface area (Å²) in [5.74, 6) is -2.34. The Bertz CT molecular complexity index is 461. The first-order valence-electron chi connectivity index (χ1n) is 5.36. The second-order valence-corrected chi connectivity index (χ2v) is 3.62. The molecule has 5 nitrogen and oxygen atoms in total. The third-order valence-corrected chi connectivity index (χ3v) is 2.42. The zero-order chi connectivity index (χ0) is 13.7. The average Bonchev–Trinajstić information content (AvgIpc) is 2.35. The van der Waals surface area contributed by atoms with Crippen LogP contribution in [0.15, 0.2) is 18.2 Å². The van der Waals surface area contributed by atoms with Crippen molar-refractivity contribution in [3.8, 4) is 5.75 Å². The molecule has 0 radical (unpaired) electrons. The lowest BCUT2D eigenvalue weighted by molar-refractivity contribution is -0.139. The molecular formula is C12H14FNO4. The first kappa shape index (κ1) is 14.0. The molecule has 1 aromatic carbocycles. The van der Waals surface area contributed by atoms with Crippen molar-refractivity contribution in [2.24, 2.45) is 0 Å². The average molecular weight is 255 g/mol. The SMILES string of the molecule is CC[C@H](NC(=O)c1ccc(F)c(OC)c1)C(=O)O. The van der Waals surface area contributed by atoms with Gasteiger partial charge in [0.15, 0.2) is 11.6 Å². The van der Waals surface area contributed by atoms with Gasteiger partial charge >= 0.3 is 5.97 Å². The second kappa shape index (κ2) is 6.00. The summed E-state index contributed by atoms with van der Waals surface area (Å²) in [5.41, 5.74) is 0.146. The number of hydrogen-bond acceptors (Lipinski definition) is 3. The molecule has 18 heavy (non-hydrogen) atoms. The highest BCUT2D eigenvalue weighted by atomic mass is 19.1. The minimum Gasteiger partial charge on any atom is -0.494 e. The molecule has 1 atom stereocenters. The van der Waals surface area contributed by atoms with Gasteiger partial charge in [0, 0.05) is 5.56 Å². The number of carbonyl (C=O) groups excluding carboxylic acids is 1. The van der Waals surface area contributed by atoms with Gasteiger partial charge in [-0.05, 0) is 24.6 Å². The third kappa shape index (κ3) is 3.19. The van der Waals surface area contributed by atoms with E-state index >= 15 is 0 Å². The Balaban J connectivity index is 2.87. The number of rotatable bonds is 5. The number of amides is 1. The fourth-order valence-corrected chi connectivity index (χ4v) is 1.38. The van der Waals surface area contributed by atoms with Crippen molar-refractivity contribution in [2.75, 3.05) is 7.11 Å². The van der Waals surface area contributed by atoms with Gasteiger partial charge in [-0.25, -0.2) is 9.18 Å². The minimum absolute atomic E-state index is 0.0639. The van der Waals surface area contributed by atoms with Crippen LogP contribution in [0.5, 0.6) is 5.75 Å². The number of carboxylic acid groups (broad SMARTS) is 1. The van der Waals surface area contributed by atoms with Crippen LogP contribution in [-0.2, 0) is 4.79 Å². The van der Waals surface area contributed by atoms with Crippen molar-refractivity contribution in [3.05, 3.63) is 29.6 Å². The van der Waals surface area contributed by atoms with Crippen LogP contribution < -0.4 is 10.1 Å². The molecule has 0 heterocycles. The van der Waals surface area contributed by atoms with Gasteiger partial charge < -0.3 is 15.2 Å². The fraction of sp³-hybridized carbons (Fsp3) is 0.333. The highest BCUT2D eigenvalue weighted by molar-refractivity contribution is 5.96. The molecule has 1 amide bonds. The monoisotopic (exact) mass is 255 g/mol. The van der Waals surface area contributed by atoms with E-state index in [1.54, 1.807) is 6.92 Å². The van der Waals surface area contributed by atoms with E-state index in [-0.39, 0.29) is 17.7 Å². The molecule has 0 aromatic heterocycles. The Morgan fingerprint density at radius 3 is 2.67 bits per heavy atom. The van der Waals surface area contributed by atoms with E-state index in [0.717, 1.165) is 6.07 Å². The Morgan fingerprint density at radius 2 is 2.17 bits per heavy atom. The highest BCUT2D eigenvalue weighted by Crippen LogP contribution is 2.18. The summed E-state index contributed by atoms with van der Waals surface area (Å²) in [6.45, 7) is 1.64. The summed E-state index contributed by atoms with van der Waals surface area (Å²) in [5, 5.41) is 11.2. The molecule has 1 rings (SSSR count). The van der Waals surface area contributed by atoms with Gasteiger partial charge in [-0.1, -0.05) is 6.92 Å². The first-order chi connectivity index (χ1) is 8.49. The highest BCUT2D eigenvalue weighted by Gasteiger charge is 2.19. The quantitative estimate of drug-likeness (QED) is 0.834. The smallest absolute Gasteiger partial charge is 0.326 e. The molecule has 0 aliphatic carbocycles. The number of nitrogens with one attached hydrogen (secondary N) is 1. The topological polar surface area (TPSA) is 75.6 Å². The van der Waals surface area contributed by atoms with Gasteiger partial charge in [0.25, 0.3) is 5.91 Å². The number of hydrogen-bond donors (Lipinski definition) is 2. The molecule has 0 fully saturated rings. The summed E-state index contributed by atoms with van der Waals surface area (Å²) in [6, 6.07) is 2.62. The number of methoxy groups -OCH3 is 1. The van der Waals surface area contributed by atoms with E-state index in [0.29, 0.717) is 0 Å². The van der Waals surface area contributed by atoms with E-state index in [2.05, 4.69) is 5.32 Å². The number of carbonyl (C=O) groups is 2. The summed E-state index contributed by atoms with van der Waals surface area (Å²) >= 11 is 0. The molecule has 6 heteroatoms. The molecule has 0 saturated heterocycles. The molecule has 0 unspecified atom stereocenters. The lowest BCUT2D eigenvalue weighted by Gasteiger charge is -2.12. The maximum Gasteiger partial charge on any atom is 0.326 e. The molecule has 0 spiro atoms. The molecule has 0 bridgehead atoms. The molecule has 0 saturated carbocycles. The fourth-order valence-electron chi connectivity index (χ4n) is 1.38. The van der Waals surface area contributed by atoms with Crippen LogP contribution in [0.3, 0.4) is 0 Å². The van der Waals surface area contributed by atoms with E-state index in [1.165, 1.54) is 19.2 Å². The molecule has 0 aliphatic heterocycles. The van der Waals surface area contributed by atoms with Crippen molar-refractivity contribution >= 4 is 11.9 Å². The summed E-state index contributed by atoms with van der Waals surface area (Å²) in [6.07, 6.45) is 0.263. The normalized spacial score (nSPS) is 11.7. The lowest BCUT2D eigenvalue weighted by Crippen LogP contribution is -2.40. The Morgan fingerprint density at radius 1 is 1.50 bits per heavy atom. The van der Waals surface area contributed by atoms with Crippen molar-refractivity contribution < 1.29 is 23.8 Å². The number of benzene rings is 1. The number of aliphatic carboxylic acids is 1. The van der Waals surface area contributed by atoms with Gasteiger partial charge in [-0.15, -0.1) is 0 Å². The zero-order valence-corrected chi connectivity index (χ0v) is 10.1. The van der Waals surface area contributed by atoms with Crippen LogP contribution in [-0.4, -0.2) is 30.1 Å². The van der Waals surface area contributed by atoms with Gasteiger partial charge in [-0.2, -0.15) is 0 Å². The Hall–Kier alpha value is -2.11. The van der Waals surface area contributed by atoms with Crippen molar-refractivity contribution in [1.29, 1.82) is 0 Å². The Labute approximate surface area is 104 Å². The van der Waals surface area contributed by atoms with Crippen LogP contribution in [0.4, 0.5) is 4.39 Å². The van der Waals surface area contributed by atoms with Crippen LogP contribution in [0.2, 0.25) is 0 Å². The van der Waals surface area contributed by atoms with Crippen molar-refractivity contribution in [3.63, 3.8) is 0 Å². The van der Waals surface area contributed by atoms with E-state index in [4.69, 9.17) is 9.84 Å². The van der Waals surface area contributed by atoms with Crippen LogP contribution in [0.25, 0.3) is 0 Å². The van der Waals surface area contributed by atoms with Crippen LogP contribution in [0, 0.1) is 5.82 Å². The number of halogens is 1. The third-order valence-electron chi connectivity index (χ3n) is 2.42. The lowest BCUT2D eigenvalue weighted by atomic mass is 10.1. The van der Waals surface area contributed by atoms with Gasteiger partial charge in [0.05, 0.1) is 7.11 Å². The Kier molecular flexibility index (Phi) is 4.65. The van der Waals surface area contributed by atoms with E-state index in [9.17, 15) is 14.0 Å². The van der Waals surface area contributed by atoms with Gasteiger partial charge in [0.2, 0.25) is 0 Å². The predicted molar refractivity (Wildman–Crippen MR) is 62.1 cm³/mol. The molecule has 2 N–H and O–H groups in total. The minimum atomic E-state index is -1.11. The van der Waals surface area contributed by atoms with E-state index in [1.807, 2.05) is 0 Å². The van der Waals surface area contributed by atoms with Gasteiger partial charge in [0.1, 0.15) is 6.04 Å². The maximum absolute atomic E-state index is 13.1. The largest absolute Gasteiger partial charge is 0.494 e. The number of carboxylic acids is 1. The molecule has 1 aromatic rings. The molecule has 98 valence electrons. The maximum atomic E-state index is 13.1. The van der Waals surface area contributed by atoms with Crippen molar-refractivity contribution in [2.45, 2.75) is 19.4 Å². The van der Waals surface area contributed by atoms with Gasteiger partial charge in [-0.3, -0.25) is 4.79 Å². The van der Waals surface area contributed by atoms with E-state index < -0.39 is 23.7 Å². The standard InChI is InChI=1S/C12H14FNO4/c1-3-9(12(16)17)14-11(15)7-4-5-8(13)10(6-7)18-2/h4-6,9H,3H2,1-2H3,(H,14,15)(H,16,17)/t9-/m0/s1. The summed E-state index contributed by atoms with van der Waals surface area (Å²) in [4.78, 5) is 22.5. The number of ether oxygens (including phenoxy) is 1. The molecule has 0 aliphatic rings. The molecular weight excluding hydrogens is 241 g/mol. The zero-order valence-electron chi connectivity index (χ0n) is 10.1. The van der Waals surface area contributed by atoms with Crippen LogP contribution >= 0.6 is 0 Å². The first-order valence-corrected chi connectivity index (χ1v) is 5.36. The summed E-state index contributed by atoms with van der Waals surface area (Å²) in [7, 11) is 1.28. The summed E-state index contributed by atoms with van der Waals surface area (Å²) < 4.78 is 17.9. The van der Waals surface area contributed by atoms with Crippen molar-refractivity contribution in [1.82, 2.24) is 5.32 Å². The van der Waals surface area contributed by atoms with Crippen LogP contribution in [0.1, 0.15) is 23.7 Å².